The first-order valence-electron chi connectivity index (χ1n) is 9.76. The smallest absolute Gasteiger partial charge is 0.257 e. The van der Waals surface area contributed by atoms with Gasteiger partial charge in [0.1, 0.15) is 5.75 Å². The van der Waals surface area contributed by atoms with Gasteiger partial charge in [-0.05, 0) is 37.3 Å². The van der Waals surface area contributed by atoms with Crippen molar-refractivity contribution in [2.75, 3.05) is 46.5 Å². The monoisotopic (exact) mass is 374 g/mol. The molecule has 2 amide bonds. The van der Waals surface area contributed by atoms with Crippen molar-refractivity contribution in [1.29, 1.82) is 0 Å². The van der Waals surface area contributed by atoms with Crippen LogP contribution in [-0.2, 0) is 9.53 Å². The molecule has 3 rings (SSSR count). The van der Waals surface area contributed by atoms with Crippen LogP contribution >= 0.6 is 0 Å². The van der Waals surface area contributed by atoms with E-state index in [4.69, 9.17) is 9.47 Å². The molecule has 1 aromatic carbocycles. The number of amides is 2. The van der Waals surface area contributed by atoms with Gasteiger partial charge in [-0.25, -0.2) is 0 Å². The van der Waals surface area contributed by atoms with Crippen LogP contribution in [0.1, 0.15) is 37.0 Å². The molecule has 27 heavy (non-hydrogen) atoms. The number of likely N-dealkylation sites (tertiary alicyclic amines) is 2. The SMILES string of the molecule is CCOc1ccccc1C(=O)N1CCC2(CC1)CN(C(C)=O)CC2COC. The van der Waals surface area contributed by atoms with Gasteiger partial charge in [0.15, 0.2) is 0 Å². The topological polar surface area (TPSA) is 59.1 Å². The summed E-state index contributed by atoms with van der Waals surface area (Å²) in [6.07, 6.45) is 1.79. The molecule has 0 aromatic heterocycles. The average Bonchev–Trinajstić information content (AvgIpc) is 3.01. The molecular formula is C21H30N2O4. The minimum Gasteiger partial charge on any atom is -0.493 e. The summed E-state index contributed by atoms with van der Waals surface area (Å²) in [5.41, 5.74) is 0.679. The number of hydrogen-bond acceptors (Lipinski definition) is 4. The first-order valence-corrected chi connectivity index (χ1v) is 9.76. The second-order valence-corrected chi connectivity index (χ2v) is 7.64. The highest BCUT2D eigenvalue weighted by Gasteiger charge is 2.49. The number of nitrogens with zero attached hydrogens (tertiary/aromatic N) is 2. The van der Waals surface area contributed by atoms with Crippen LogP contribution in [0.5, 0.6) is 5.75 Å². The minimum absolute atomic E-state index is 0.0265. The molecule has 2 heterocycles. The molecule has 2 aliphatic rings. The Morgan fingerprint density at radius 2 is 1.89 bits per heavy atom. The van der Waals surface area contributed by atoms with E-state index in [2.05, 4.69) is 0 Å². The predicted molar refractivity (Wildman–Crippen MR) is 103 cm³/mol. The zero-order valence-electron chi connectivity index (χ0n) is 16.6. The molecular weight excluding hydrogens is 344 g/mol. The Morgan fingerprint density at radius 3 is 2.52 bits per heavy atom. The highest BCUT2D eigenvalue weighted by atomic mass is 16.5. The van der Waals surface area contributed by atoms with Crippen LogP contribution < -0.4 is 4.74 Å². The van der Waals surface area contributed by atoms with E-state index in [1.54, 1.807) is 14.0 Å². The zero-order valence-corrected chi connectivity index (χ0v) is 16.6. The lowest BCUT2D eigenvalue weighted by Gasteiger charge is -2.42. The van der Waals surface area contributed by atoms with Gasteiger partial charge < -0.3 is 19.3 Å². The molecule has 6 heteroatoms. The molecule has 2 aliphatic heterocycles. The van der Waals surface area contributed by atoms with Crippen molar-refractivity contribution in [3.8, 4) is 5.75 Å². The molecule has 0 aliphatic carbocycles. The number of carbonyl (C=O) groups excluding carboxylic acids is 2. The van der Waals surface area contributed by atoms with E-state index < -0.39 is 0 Å². The summed E-state index contributed by atoms with van der Waals surface area (Å²) in [5.74, 6) is 1.13. The number of benzene rings is 1. The third kappa shape index (κ3) is 3.95. The molecule has 1 unspecified atom stereocenters. The normalized spacial score (nSPS) is 21.5. The molecule has 1 aromatic rings. The first-order chi connectivity index (χ1) is 13.0. The summed E-state index contributed by atoms with van der Waals surface area (Å²) in [6.45, 7) is 7.67. The molecule has 2 saturated heterocycles. The average molecular weight is 374 g/mol. The fourth-order valence-corrected chi connectivity index (χ4v) is 4.52. The lowest BCUT2D eigenvalue weighted by atomic mass is 9.71. The van der Waals surface area contributed by atoms with Gasteiger partial charge in [-0.1, -0.05) is 12.1 Å². The third-order valence-electron chi connectivity index (χ3n) is 6.09. The van der Waals surface area contributed by atoms with Gasteiger partial charge in [-0.3, -0.25) is 9.59 Å². The summed E-state index contributed by atoms with van der Waals surface area (Å²) in [7, 11) is 1.72. The maximum Gasteiger partial charge on any atom is 0.257 e. The molecule has 0 N–H and O–H groups in total. The number of rotatable bonds is 5. The number of carbonyl (C=O) groups is 2. The van der Waals surface area contributed by atoms with E-state index in [0.29, 0.717) is 43.5 Å². The highest BCUT2D eigenvalue weighted by Crippen LogP contribution is 2.45. The molecule has 0 saturated carbocycles. The quantitative estimate of drug-likeness (QED) is 0.794. The van der Waals surface area contributed by atoms with Crippen molar-refractivity contribution in [3.05, 3.63) is 29.8 Å². The molecule has 0 radical (unpaired) electrons. The van der Waals surface area contributed by atoms with Crippen LogP contribution in [0.4, 0.5) is 0 Å². The van der Waals surface area contributed by atoms with E-state index in [-0.39, 0.29) is 17.2 Å². The van der Waals surface area contributed by atoms with Crippen LogP contribution in [0.3, 0.4) is 0 Å². The maximum atomic E-state index is 13.0. The summed E-state index contributed by atoms with van der Waals surface area (Å²) in [6, 6.07) is 7.44. The Kier molecular flexibility index (Phi) is 6.05. The Bertz CT molecular complexity index is 683. The van der Waals surface area contributed by atoms with Crippen molar-refractivity contribution >= 4 is 11.8 Å². The molecule has 148 valence electrons. The van der Waals surface area contributed by atoms with Crippen LogP contribution in [0.25, 0.3) is 0 Å². The van der Waals surface area contributed by atoms with Crippen molar-refractivity contribution in [1.82, 2.24) is 9.80 Å². The highest BCUT2D eigenvalue weighted by molar-refractivity contribution is 5.97. The van der Waals surface area contributed by atoms with Gasteiger partial charge in [0, 0.05) is 46.1 Å². The Labute approximate surface area is 161 Å². The van der Waals surface area contributed by atoms with Gasteiger partial charge in [0.2, 0.25) is 5.91 Å². The van der Waals surface area contributed by atoms with Gasteiger partial charge in [0.25, 0.3) is 5.91 Å². The van der Waals surface area contributed by atoms with Crippen molar-refractivity contribution < 1.29 is 19.1 Å². The predicted octanol–water partition coefficient (Wildman–Crippen LogP) is 2.43. The number of hydrogen-bond donors (Lipinski definition) is 0. The molecule has 1 spiro atoms. The van der Waals surface area contributed by atoms with Crippen molar-refractivity contribution in [2.45, 2.75) is 26.7 Å². The Hall–Kier alpha value is -2.08. The summed E-state index contributed by atoms with van der Waals surface area (Å²) >= 11 is 0. The number of para-hydroxylation sites is 1. The number of methoxy groups -OCH3 is 1. The molecule has 1 atom stereocenters. The van der Waals surface area contributed by atoms with Gasteiger partial charge in [-0.2, -0.15) is 0 Å². The molecule has 0 bridgehead atoms. The van der Waals surface area contributed by atoms with E-state index >= 15 is 0 Å². The fourth-order valence-electron chi connectivity index (χ4n) is 4.52. The summed E-state index contributed by atoms with van der Waals surface area (Å²) < 4.78 is 11.1. The first kappa shape index (κ1) is 19.7. The standard InChI is InChI=1S/C21H30N2O4/c1-4-27-19-8-6-5-7-18(19)20(25)22-11-9-21(10-12-22)15-23(16(2)24)13-17(21)14-26-3/h5-8,17H,4,9-15H2,1-3H3. The lowest BCUT2D eigenvalue weighted by molar-refractivity contribution is -0.128. The van der Waals surface area contributed by atoms with Crippen LogP contribution in [0.2, 0.25) is 0 Å². The fraction of sp³-hybridized carbons (Fsp3) is 0.619. The third-order valence-corrected chi connectivity index (χ3v) is 6.09. The van der Waals surface area contributed by atoms with E-state index in [1.165, 1.54) is 0 Å². The largest absolute Gasteiger partial charge is 0.493 e. The molecule has 6 nitrogen and oxygen atoms in total. The Balaban J connectivity index is 1.71. The van der Waals surface area contributed by atoms with Gasteiger partial charge in [0.05, 0.1) is 18.8 Å². The maximum absolute atomic E-state index is 13.0. The van der Waals surface area contributed by atoms with E-state index in [9.17, 15) is 9.59 Å². The van der Waals surface area contributed by atoms with Crippen LogP contribution in [0.15, 0.2) is 24.3 Å². The van der Waals surface area contributed by atoms with Crippen molar-refractivity contribution in [2.24, 2.45) is 11.3 Å². The second-order valence-electron chi connectivity index (χ2n) is 7.64. The number of ether oxygens (including phenoxy) is 2. The summed E-state index contributed by atoms with van der Waals surface area (Å²) in [5, 5.41) is 0. The van der Waals surface area contributed by atoms with E-state index in [0.717, 1.165) is 25.9 Å². The van der Waals surface area contributed by atoms with Gasteiger partial charge in [-0.15, -0.1) is 0 Å². The Morgan fingerprint density at radius 1 is 1.19 bits per heavy atom. The number of piperidine rings is 1. The lowest BCUT2D eigenvalue weighted by Crippen LogP contribution is -2.47. The van der Waals surface area contributed by atoms with Crippen LogP contribution in [-0.4, -0.2) is 68.1 Å². The van der Waals surface area contributed by atoms with Crippen molar-refractivity contribution in [3.63, 3.8) is 0 Å². The zero-order chi connectivity index (χ0) is 19.4. The van der Waals surface area contributed by atoms with Gasteiger partial charge >= 0.3 is 0 Å². The molecule has 2 fully saturated rings. The minimum atomic E-state index is 0.0265. The van der Waals surface area contributed by atoms with E-state index in [1.807, 2.05) is 41.0 Å². The van der Waals surface area contributed by atoms with Crippen LogP contribution in [0, 0.1) is 11.3 Å². The summed E-state index contributed by atoms with van der Waals surface area (Å²) in [4.78, 5) is 28.8. The second kappa shape index (κ2) is 8.30.